The minimum Gasteiger partial charge on any atom is -0.207 e. The van der Waals surface area contributed by atoms with Crippen LogP contribution < -0.4 is 4.72 Å². The van der Waals surface area contributed by atoms with Gasteiger partial charge in [-0.15, -0.1) is 17.1 Å². The van der Waals surface area contributed by atoms with Crippen LogP contribution in [0.3, 0.4) is 0 Å². The Morgan fingerprint density at radius 2 is 1.75 bits per heavy atom. The largest absolute Gasteiger partial charge is 0.240 e. The van der Waals surface area contributed by atoms with Gasteiger partial charge in [0.05, 0.1) is 4.90 Å². The van der Waals surface area contributed by atoms with E-state index in [4.69, 9.17) is 11.6 Å². The predicted molar refractivity (Wildman–Crippen MR) is 87.0 cm³/mol. The van der Waals surface area contributed by atoms with E-state index in [-0.39, 0.29) is 4.90 Å². The Hall–Kier alpha value is -0.803. The monoisotopic (exact) mass is 329 g/mol. The Bertz CT molecular complexity index is 600. The number of benzene rings is 1. The van der Waals surface area contributed by atoms with Crippen molar-refractivity contribution in [2.45, 2.75) is 42.9 Å². The number of hydrogen-bond donors (Lipinski definition) is 1. The first kappa shape index (κ1) is 17.2. The Balaban J connectivity index is 2.80. The molecule has 1 aromatic carbocycles. The summed E-state index contributed by atoms with van der Waals surface area (Å²) in [6.07, 6.45) is 0. The molecule has 110 valence electrons. The van der Waals surface area contributed by atoms with E-state index >= 15 is 0 Å². The number of alkyl halides is 1. The summed E-state index contributed by atoms with van der Waals surface area (Å²) in [7, 11) is -5.06. The van der Waals surface area contributed by atoms with Crippen molar-refractivity contribution in [3.63, 3.8) is 0 Å². The summed E-state index contributed by atoms with van der Waals surface area (Å²) in [5.74, 6) is 2.95. The molecule has 0 radical (unpaired) electrons. The molecule has 6 heteroatoms. The van der Waals surface area contributed by atoms with Gasteiger partial charge in [-0.3, -0.25) is 0 Å². The summed E-state index contributed by atoms with van der Waals surface area (Å²) < 4.78 is 26.8. The first-order valence-corrected chi connectivity index (χ1v) is 11.8. The van der Waals surface area contributed by atoms with Crippen molar-refractivity contribution in [1.29, 1.82) is 0 Å². The third-order valence-corrected chi connectivity index (χ3v) is 5.37. The fourth-order valence-corrected chi connectivity index (χ4v) is 3.53. The Kier molecular flexibility index (Phi) is 5.84. The van der Waals surface area contributed by atoms with Gasteiger partial charge in [-0.2, -0.15) is 0 Å². The van der Waals surface area contributed by atoms with Gasteiger partial charge in [0.25, 0.3) is 0 Å². The summed E-state index contributed by atoms with van der Waals surface area (Å²) >= 11 is 6.15. The van der Waals surface area contributed by atoms with Crippen LogP contribution in [0.4, 0.5) is 0 Å². The van der Waals surface area contributed by atoms with E-state index in [1.54, 1.807) is 37.3 Å². The molecule has 1 N–H and O–H groups in total. The smallest absolute Gasteiger partial charge is 0.207 e. The minimum atomic E-state index is -3.55. The summed E-state index contributed by atoms with van der Waals surface area (Å²) in [4.78, 5) is 0.230. The molecule has 0 heterocycles. The van der Waals surface area contributed by atoms with E-state index in [9.17, 15) is 8.42 Å². The molecule has 0 saturated heterocycles. The van der Waals surface area contributed by atoms with Gasteiger partial charge in [-0.25, -0.2) is 13.1 Å². The van der Waals surface area contributed by atoms with E-state index in [1.807, 2.05) is 0 Å². The van der Waals surface area contributed by atoms with Crippen LogP contribution in [-0.4, -0.2) is 27.9 Å². The standard InChI is InChI=1S/C14H20ClNO2SSi/c1-12(14(15)10-11-20(2,3)4)16-19(17,18)13-8-6-5-7-9-13/h5-9,12,14,16H,1-4H3. The van der Waals surface area contributed by atoms with Crippen molar-refractivity contribution >= 4 is 29.7 Å². The molecule has 3 nitrogen and oxygen atoms in total. The second-order valence-corrected chi connectivity index (χ2v) is 12.6. The summed E-state index contributed by atoms with van der Waals surface area (Å²) in [6.45, 7) is 8.06. The summed E-state index contributed by atoms with van der Waals surface area (Å²) in [5, 5.41) is -0.541. The van der Waals surface area contributed by atoms with E-state index in [1.165, 1.54) is 0 Å². The van der Waals surface area contributed by atoms with Crippen LogP contribution in [0.1, 0.15) is 6.92 Å². The van der Waals surface area contributed by atoms with Gasteiger partial charge < -0.3 is 0 Å². The average molecular weight is 330 g/mol. The molecule has 1 rings (SSSR count). The van der Waals surface area contributed by atoms with Crippen LogP contribution >= 0.6 is 11.6 Å². The molecule has 0 saturated carbocycles. The van der Waals surface area contributed by atoms with E-state index < -0.39 is 29.5 Å². The maximum Gasteiger partial charge on any atom is 0.240 e. The molecule has 1 aromatic rings. The van der Waals surface area contributed by atoms with Crippen LogP contribution in [0.15, 0.2) is 35.2 Å². The van der Waals surface area contributed by atoms with Crippen molar-refractivity contribution in [1.82, 2.24) is 4.72 Å². The van der Waals surface area contributed by atoms with Crippen LogP contribution in [0.5, 0.6) is 0 Å². The van der Waals surface area contributed by atoms with Crippen molar-refractivity contribution in [3.8, 4) is 11.5 Å². The highest BCUT2D eigenvalue weighted by molar-refractivity contribution is 7.89. The molecule has 0 bridgehead atoms. The SMILES string of the molecule is CC(NS(=O)(=O)c1ccccc1)C(Cl)C#C[Si](C)(C)C. The second kappa shape index (κ2) is 6.77. The number of rotatable bonds is 4. The maximum absolute atomic E-state index is 12.1. The van der Waals surface area contributed by atoms with Crippen molar-refractivity contribution < 1.29 is 8.42 Å². The number of sulfonamides is 1. The Labute approximate surface area is 127 Å². The average Bonchev–Trinajstić information content (AvgIpc) is 2.35. The number of halogens is 1. The molecule has 20 heavy (non-hydrogen) atoms. The molecule has 0 spiro atoms. The molecule has 0 aliphatic heterocycles. The third kappa shape index (κ3) is 5.67. The molecule has 0 aliphatic rings. The lowest BCUT2D eigenvalue weighted by atomic mass is 10.3. The minimum absolute atomic E-state index is 0.230. The van der Waals surface area contributed by atoms with Gasteiger partial charge in [0, 0.05) is 6.04 Å². The molecule has 0 fully saturated rings. The highest BCUT2D eigenvalue weighted by Crippen LogP contribution is 2.11. The maximum atomic E-state index is 12.1. The van der Waals surface area contributed by atoms with Crippen LogP contribution in [-0.2, 0) is 10.0 Å². The normalized spacial score (nSPS) is 15.1. The zero-order valence-electron chi connectivity index (χ0n) is 12.1. The predicted octanol–water partition coefficient (Wildman–Crippen LogP) is 2.84. The highest BCUT2D eigenvalue weighted by atomic mass is 35.5. The zero-order chi connectivity index (χ0) is 15.4. The molecular weight excluding hydrogens is 310 g/mol. The lowest BCUT2D eigenvalue weighted by molar-refractivity contribution is 0.564. The third-order valence-electron chi connectivity index (χ3n) is 2.42. The second-order valence-electron chi connectivity index (χ2n) is 5.64. The van der Waals surface area contributed by atoms with Gasteiger partial charge in [-0.1, -0.05) is 43.8 Å². The first-order chi connectivity index (χ1) is 9.12. The molecule has 0 aromatic heterocycles. The lowest BCUT2D eigenvalue weighted by Crippen LogP contribution is -2.38. The van der Waals surface area contributed by atoms with E-state index in [2.05, 4.69) is 35.8 Å². The van der Waals surface area contributed by atoms with Gasteiger partial charge in [0.2, 0.25) is 10.0 Å². The molecule has 0 amide bonds. The van der Waals surface area contributed by atoms with Crippen LogP contribution in [0, 0.1) is 11.5 Å². The fourth-order valence-electron chi connectivity index (χ4n) is 1.38. The lowest BCUT2D eigenvalue weighted by Gasteiger charge is -2.16. The topological polar surface area (TPSA) is 46.2 Å². The first-order valence-electron chi connectivity index (χ1n) is 6.36. The van der Waals surface area contributed by atoms with Gasteiger partial charge in [-0.05, 0) is 19.1 Å². The van der Waals surface area contributed by atoms with E-state index in [0.717, 1.165) is 0 Å². The molecule has 2 unspecified atom stereocenters. The van der Waals surface area contributed by atoms with Gasteiger partial charge in [0.1, 0.15) is 13.5 Å². The quantitative estimate of drug-likeness (QED) is 0.524. The van der Waals surface area contributed by atoms with Crippen LogP contribution in [0.25, 0.3) is 0 Å². The molecule has 2 atom stereocenters. The Morgan fingerprint density at radius 3 is 2.25 bits per heavy atom. The van der Waals surface area contributed by atoms with Gasteiger partial charge in [0.15, 0.2) is 0 Å². The fraction of sp³-hybridized carbons (Fsp3) is 0.429. The van der Waals surface area contributed by atoms with Gasteiger partial charge >= 0.3 is 0 Å². The van der Waals surface area contributed by atoms with Crippen molar-refractivity contribution in [2.24, 2.45) is 0 Å². The van der Waals surface area contributed by atoms with Crippen molar-refractivity contribution in [2.75, 3.05) is 0 Å². The van der Waals surface area contributed by atoms with Crippen molar-refractivity contribution in [3.05, 3.63) is 30.3 Å². The Morgan fingerprint density at radius 1 is 1.20 bits per heavy atom. The van der Waals surface area contributed by atoms with E-state index in [0.29, 0.717) is 0 Å². The summed E-state index contributed by atoms with van der Waals surface area (Å²) in [5.41, 5.74) is 3.15. The molecule has 0 aliphatic carbocycles. The number of hydrogen-bond acceptors (Lipinski definition) is 2. The van der Waals surface area contributed by atoms with Crippen LogP contribution in [0.2, 0.25) is 19.6 Å². The molecular formula is C14H20ClNO2SSi. The summed E-state index contributed by atoms with van der Waals surface area (Å²) in [6, 6.07) is 7.78. The highest BCUT2D eigenvalue weighted by Gasteiger charge is 2.21. The number of nitrogens with one attached hydrogen (secondary N) is 1. The zero-order valence-corrected chi connectivity index (χ0v) is 14.7.